The number of carbonyl (C=O) groups is 4. The van der Waals surface area contributed by atoms with Crippen molar-refractivity contribution < 1.29 is 38.5 Å². The number of aliphatic carboxylic acids is 1. The highest BCUT2D eigenvalue weighted by Gasteiger charge is 2.67. The molecule has 0 amide bonds. The average molecular weight is 649 g/mol. The van der Waals surface area contributed by atoms with Crippen LogP contribution in [0.25, 0.3) is 0 Å². The number of hydrogen-bond donors (Lipinski definition) is 3. The van der Waals surface area contributed by atoms with Crippen molar-refractivity contribution in [3.8, 4) is 0 Å². The first-order valence-electron chi connectivity index (χ1n) is 18.1. The van der Waals surface area contributed by atoms with Gasteiger partial charge in [0, 0.05) is 37.0 Å². The van der Waals surface area contributed by atoms with Crippen LogP contribution in [0.4, 0.5) is 0 Å². The standard InChI is InChI=1S/C36H60N2O8/c1-5-8-31(41)45-28-20-23-19-24(44-32(42)9-6-17-37)15-16-35(23,3)27-21-29(46-33(43)10-7-18-38)36(4)25(12-13-26(36)34(27)28)22(2)11-14-30(39)40/h22-29,34H,5-21,37-38H2,1-4H3,(H,39,40)/t22-,23+,24-,25-,26+,27+,28-,29+,34+,35+,36-/m1/s1. The molecule has 0 unspecified atom stereocenters. The van der Waals surface area contributed by atoms with E-state index in [9.17, 15) is 24.3 Å². The highest BCUT2D eigenvalue weighted by Crippen LogP contribution is 2.69. The van der Waals surface area contributed by atoms with Crippen molar-refractivity contribution in [3.63, 3.8) is 0 Å². The summed E-state index contributed by atoms with van der Waals surface area (Å²) in [4.78, 5) is 50.4. The summed E-state index contributed by atoms with van der Waals surface area (Å²) in [5.41, 5.74) is 10.9. The molecule has 0 radical (unpaired) electrons. The fraction of sp³-hybridized carbons (Fsp3) is 0.889. The van der Waals surface area contributed by atoms with Crippen LogP contribution in [-0.4, -0.2) is 60.4 Å². The van der Waals surface area contributed by atoms with Gasteiger partial charge in [0.05, 0.1) is 0 Å². The summed E-state index contributed by atoms with van der Waals surface area (Å²) in [6.07, 6.45) is 8.46. The van der Waals surface area contributed by atoms with Gasteiger partial charge in [-0.2, -0.15) is 0 Å². The van der Waals surface area contributed by atoms with Crippen molar-refractivity contribution in [2.75, 3.05) is 13.1 Å². The van der Waals surface area contributed by atoms with Crippen LogP contribution in [-0.2, 0) is 33.4 Å². The Bertz CT molecular complexity index is 1080. The van der Waals surface area contributed by atoms with Crippen molar-refractivity contribution >= 4 is 23.9 Å². The summed E-state index contributed by atoms with van der Waals surface area (Å²) < 4.78 is 18.8. The van der Waals surface area contributed by atoms with Crippen LogP contribution in [0.2, 0.25) is 0 Å². The molecule has 0 spiro atoms. The fourth-order valence-corrected chi connectivity index (χ4v) is 10.4. The Hall–Kier alpha value is -2.20. The topological polar surface area (TPSA) is 168 Å². The maximum absolute atomic E-state index is 13.2. The van der Waals surface area contributed by atoms with Gasteiger partial charge < -0.3 is 30.8 Å². The Morgan fingerprint density at radius 3 is 2.11 bits per heavy atom. The first-order chi connectivity index (χ1) is 21.9. The summed E-state index contributed by atoms with van der Waals surface area (Å²) in [5.74, 6) is -0.425. The lowest BCUT2D eigenvalue weighted by atomic mass is 9.43. The van der Waals surface area contributed by atoms with Crippen LogP contribution in [0.3, 0.4) is 0 Å². The van der Waals surface area contributed by atoms with E-state index >= 15 is 0 Å². The minimum absolute atomic E-state index is 0.0885. The number of fused-ring (bicyclic) bond motifs is 5. The highest BCUT2D eigenvalue weighted by atomic mass is 16.6. The van der Waals surface area contributed by atoms with Gasteiger partial charge in [0.25, 0.3) is 0 Å². The number of carboxylic acid groups (broad SMARTS) is 1. The summed E-state index contributed by atoms with van der Waals surface area (Å²) in [5, 5.41) is 9.45. The van der Waals surface area contributed by atoms with Gasteiger partial charge in [0.1, 0.15) is 18.3 Å². The average Bonchev–Trinajstić information content (AvgIpc) is 3.37. The largest absolute Gasteiger partial charge is 0.481 e. The Labute approximate surface area is 275 Å². The molecule has 0 bridgehead atoms. The summed E-state index contributed by atoms with van der Waals surface area (Å²) in [7, 11) is 0. The predicted octanol–water partition coefficient (Wildman–Crippen LogP) is 5.38. The quantitative estimate of drug-likeness (QED) is 0.155. The van der Waals surface area contributed by atoms with Crippen LogP contribution in [0.5, 0.6) is 0 Å². The molecule has 0 aromatic rings. The lowest BCUT2D eigenvalue weighted by molar-refractivity contribution is -0.225. The van der Waals surface area contributed by atoms with E-state index in [4.69, 9.17) is 25.7 Å². The van der Waals surface area contributed by atoms with E-state index in [1.807, 2.05) is 6.92 Å². The van der Waals surface area contributed by atoms with Crippen molar-refractivity contribution in [1.82, 2.24) is 0 Å². The fourth-order valence-electron chi connectivity index (χ4n) is 10.4. The zero-order valence-electron chi connectivity index (χ0n) is 28.7. The van der Waals surface area contributed by atoms with Crippen molar-refractivity contribution in [1.29, 1.82) is 0 Å². The molecule has 5 N–H and O–H groups in total. The van der Waals surface area contributed by atoms with E-state index in [1.165, 1.54) is 0 Å². The van der Waals surface area contributed by atoms with Crippen molar-refractivity contribution in [3.05, 3.63) is 0 Å². The maximum atomic E-state index is 13.2. The third-order valence-electron chi connectivity index (χ3n) is 12.7. The van der Waals surface area contributed by atoms with Gasteiger partial charge in [-0.25, -0.2) is 0 Å². The second-order valence-corrected chi connectivity index (χ2v) is 15.4. The summed E-state index contributed by atoms with van der Waals surface area (Å²) in [6, 6.07) is 0. The van der Waals surface area contributed by atoms with E-state index in [0.717, 1.165) is 38.5 Å². The molecule has 4 aliphatic carbocycles. The number of nitrogens with two attached hydrogens (primary N) is 2. The van der Waals surface area contributed by atoms with Crippen LogP contribution in [0.15, 0.2) is 0 Å². The second kappa shape index (κ2) is 15.8. The Balaban J connectivity index is 1.69. The Morgan fingerprint density at radius 2 is 1.48 bits per heavy atom. The van der Waals surface area contributed by atoms with Crippen LogP contribution in [0, 0.1) is 46.3 Å². The molecule has 4 rings (SSSR count). The molecule has 4 fully saturated rings. The zero-order chi connectivity index (χ0) is 33.6. The molecule has 0 heterocycles. The van der Waals surface area contributed by atoms with Crippen LogP contribution < -0.4 is 11.5 Å². The minimum atomic E-state index is -0.796. The van der Waals surface area contributed by atoms with E-state index in [-0.39, 0.29) is 95.4 Å². The molecule has 0 aromatic heterocycles. The molecule has 262 valence electrons. The molecule has 0 aromatic carbocycles. The van der Waals surface area contributed by atoms with Crippen molar-refractivity contribution in [2.24, 2.45) is 57.8 Å². The first kappa shape index (κ1) is 36.6. The molecule has 10 heteroatoms. The molecule has 46 heavy (non-hydrogen) atoms. The number of esters is 3. The van der Waals surface area contributed by atoms with Gasteiger partial charge in [-0.1, -0.05) is 27.7 Å². The van der Waals surface area contributed by atoms with E-state index < -0.39 is 5.97 Å². The van der Waals surface area contributed by atoms with E-state index in [1.54, 1.807) is 0 Å². The van der Waals surface area contributed by atoms with Gasteiger partial charge >= 0.3 is 23.9 Å². The number of carbonyl (C=O) groups excluding carboxylic acids is 3. The SMILES string of the molecule is CCCC(=O)O[C@@H]1C[C@@H]2C[C@H](OC(=O)CCCN)CC[C@]2(C)[C@H]2C[C@H](OC(=O)CCCN)[C@]3(C)[C@@H]([C@H](C)CCC(=O)O)CC[C@H]3[C@H]12. The molecule has 11 atom stereocenters. The lowest BCUT2D eigenvalue weighted by Crippen LogP contribution is -2.63. The molecule has 0 aliphatic heterocycles. The van der Waals surface area contributed by atoms with Gasteiger partial charge in [0.2, 0.25) is 0 Å². The molecular weight excluding hydrogens is 588 g/mol. The Morgan fingerprint density at radius 1 is 0.826 bits per heavy atom. The first-order valence-corrected chi connectivity index (χ1v) is 18.1. The number of ether oxygens (including phenoxy) is 3. The van der Waals surface area contributed by atoms with E-state index in [2.05, 4.69) is 20.8 Å². The third-order valence-corrected chi connectivity index (χ3v) is 12.7. The monoisotopic (exact) mass is 648 g/mol. The van der Waals surface area contributed by atoms with Crippen molar-refractivity contribution in [2.45, 2.75) is 142 Å². The van der Waals surface area contributed by atoms with Crippen LogP contribution in [0.1, 0.15) is 124 Å². The smallest absolute Gasteiger partial charge is 0.306 e. The summed E-state index contributed by atoms with van der Waals surface area (Å²) >= 11 is 0. The summed E-state index contributed by atoms with van der Waals surface area (Å²) in [6.45, 7) is 9.62. The Kier molecular flexibility index (Phi) is 12.6. The van der Waals surface area contributed by atoms with Gasteiger partial charge in [0.15, 0.2) is 0 Å². The second-order valence-electron chi connectivity index (χ2n) is 15.4. The molecule has 10 nitrogen and oxygen atoms in total. The minimum Gasteiger partial charge on any atom is -0.481 e. The molecule has 4 aliphatic rings. The number of hydrogen-bond acceptors (Lipinski definition) is 9. The van der Waals surface area contributed by atoms with Crippen LogP contribution >= 0.6 is 0 Å². The number of carboxylic acids is 1. The molecule has 0 saturated heterocycles. The molecule has 4 saturated carbocycles. The highest BCUT2D eigenvalue weighted by molar-refractivity contribution is 5.70. The maximum Gasteiger partial charge on any atom is 0.306 e. The van der Waals surface area contributed by atoms with E-state index in [0.29, 0.717) is 58.0 Å². The lowest BCUT2D eigenvalue weighted by Gasteiger charge is -2.64. The number of rotatable bonds is 15. The normalized spacial score (nSPS) is 37.3. The zero-order valence-corrected chi connectivity index (χ0v) is 28.7. The van der Waals surface area contributed by atoms with Gasteiger partial charge in [-0.3, -0.25) is 19.2 Å². The van der Waals surface area contributed by atoms with Gasteiger partial charge in [-0.05, 0) is 119 Å². The molecular formula is C36H60N2O8. The third kappa shape index (κ3) is 7.74. The van der Waals surface area contributed by atoms with Gasteiger partial charge in [-0.15, -0.1) is 0 Å². The predicted molar refractivity (Wildman–Crippen MR) is 173 cm³/mol.